The highest BCUT2D eigenvalue weighted by Crippen LogP contribution is 2.19. The molecule has 0 aromatic heterocycles. The molecule has 0 fully saturated rings. The van der Waals surface area contributed by atoms with Gasteiger partial charge in [-0.15, -0.1) is 0 Å². The highest BCUT2D eigenvalue weighted by atomic mass is 16.6. The third-order valence-corrected chi connectivity index (χ3v) is 3.36. The van der Waals surface area contributed by atoms with E-state index in [-0.39, 0.29) is 0 Å². The van der Waals surface area contributed by atoms with E-state index in [2.05, 4.69) is 10.6 Å². The topological polar surface area (TPSA) is 91.2 Å². The number of para-hydroxylation sites is 1. The Kier molecular flexibility index (Phi) is 5.97. The maximum atomic E-state index is 12.8. The molecule has 6 heteroatoms. The van der Waals surface area contributed by atoms with E-state index in [1.165, 1.54) is 0 Å². The van der Waals surface area contributed by atoms with Crippen molar-refractivity contribution in [3.63, 3.8) is 0 Å². The highest BCUT2D eigenvalue weighted by Gasteiger charge is 2.26. The molecular weight excluding hydrogens is 330 g/mol. The lowest BCUT2D eigenvalue weighted by atomic mass is 10.1. The van der Waals surface area contributed by atoms with Gasteiger partial charge in [0.1, 0.15) is 17.7 Å². The van der Waals surface area contributed by atoms with Crippen LogP contribution in [0.2, 0.25) is 0 Å². The maximum Gasteiger partial charge on any atom is 0.408 e. The molecule has 0 radical (unpaired) electrons. The molecule has 2 aromatic carbocycles. The van der Waals surface area contributed by atoms with Crippen LogP contribution in [0, 0.1) is 11.3 Å². The fourth-order valence-electron chi connectivity index (χ4n) is 2.27. The minimum atomic E-state index is -0.960. The monoisotopic (exact) mass is 351 g/mol. The first kappa shape index (κ1) is 19.0. The Labute approximate surface area is 152 Å². The van der Waals surface area contributed by atoms with E-state index in [1.54, 1.807) is 69.3 Å². The molecule has 0 aliphatic rings. The van der Waals surface area contributed by atoms with Gasteiger partial charge in [0.05, 0.1) is 11.3 Å². The van der Waals surface area contributed by atoms with Gasteiger partial charge in [0.25, 0.3) is 5.91 Å². The number of anilines is 1. The normalized spacial score (nSPS) is 11.8. The smallest absolute Gasteiger partial charge is 0.408 e. The molecule has 0 aliphatic heterocycles. The number of hydrogen-bond donors (Lipinski definition) is 2. The zero-order valence-corrected chi connectivity index (χ0v) is 14.9. The number of nitrogens with one attached hydrogen (secondary N) is 2. The molecule has 2 rings (SSSR count). The number of hydrogen-bond acceptors (Lipinski definition) is 4. The predicted molar refractivity (Wildman–Crippen MR) is 98.3 cm³/mol. The van der Waals surface area contributed by atoms with Crippen molar-refractivity contribution in [2.24, 2.45) is 0 Å². The van der Waals surface area contributed by atoms with Gasteiger partial charge in [-0.2, -0.15) is 5.26 Å². The van der Waals surface area contributed by atoms with Crippen LogP contribution in [0.5, 0.6) is 0 Å². The average molecular weight is 351 g/mol. The summed E-state index contributed by atoms with van der Waals surface area (Å²) in [7, 11) is 0. The van der Waals surface area contributed by atoms with Crippen molar-refractivity contribution in [2.45, 2.75) is 32.4 Å². The van der Waals surface area contributed by atoms with E-state index in [4.69, 9.17) is 10.00 Å². The molecule has 2 aromatic rings. The van der Waals surface area contributed by atoms with E-state index in [1.807, 2.05) is 12.1 Å². The van der Waals surface area contributed by atoms with Crippen LogP contribution in [-0.4, -0.2) is 17.6 Å². The van der Waals surface area contributed by atoms with Crippen molar-refractivity contribution in [3.8, 4) is 6.07 Å². The number of carbonyl (C=O) groups excluding carboxylic acids is 2. The SMILES string of the molecule is CC(C)(C)OC(=O)NC(C(=O)Nc1ccccc1C#N)c1ccccc1. The first-order valence-electron chi connectivity index (χ1n) is 8.14. The molecular formula is C20H21N3O3. The lowest BCUT2D eigenvalue weighted by Crippen LogP contribution is -2.40. The van der Waals surface area contributed by atoms with Gasteiger partial charge in [-0.1, -0.05) is 42.5 Å². The van der Waals surface area contributed by atoms with Crippen molar-refractivity contribution in [1.29, 1.82) is 5.26 Å². The van der Waals surface area contributed by atoms with Gasteiger partial charge in [0.15, 0.2) is 0 Å². The second-order valence-corrected chi connectivity index (χ2v) is 6.64. The Morgan fingerprint density at radius 1 is 1.04 bits per heavy atom. The number of ether oxygens (including phenoxy) is 1. The van der Waals surface area contributed by atoms with Crippen molar-refractivity contribution >= 4 is 17.7 Å². The summed E-state index contributed by atoms with van der Waals surface area (Å²) in [6.45, 7) is 5.23. The number of amides is 2. The van der Waals surface area contributed by atoms with Gasteiger partial charge in [0, 0.05) is 0 Å². The molecule has 0 heterocycles. The molecule has 2 amide bonds. The zero-order chi connectivity index (χ0) is 19.2. The molecule has 1 unspecified atom stereocenters. The van der Waals surface area contributed by atoms with Crippen molar-refractivity contribution < 1.29 is 14.3 Å². The first-order chi connectivity index (χ1) is 12.3. The molecule has 6 nitrogen and oxygen atoms in total. The summed E-state index contributed by atoms with van der Waals surface area (Å²) in [4.78, 5) is 24.9. The maximum absolute atomic E-state index is 12.8. The number of nitriles is 1. The molecule has 1 atom stereocenters. The van der Waals surface area contributed by atoms with Crippen LogP contribution in [0.1, 0.15) is 37.9 Å². The van der Waals surface area contributed by atoms with Crippen molar-refractivity contribution in [3.05, 3.63) is 65.7 Å². The Morgan fingerprint density at radius 3 is 2.27 bits per heavy atom. The van der Waals surface area contributed by atoms with Gasteiger partial charge in [0.2, 0.25) is 0 Å². The number of rotatable bonds is 4. The summed E-state index contributed by atoms with van der Waals surface area (Å²) in [5.41, 5.74) is 0.636. The van der Waals surface area contributed by atoms with Crippen LogP contribution in [0.4, 0.5) is 10.5 Å². The van der Waals surface area contributed by atoms with Gasteiger partial charge >= 0.3 is 6.09 Å². The number of benzene rings is 2. The second kappa shape index (κ2) is 8.17. The Balaban J connectivity index is 2.25. The van der Waals surface area contributed by atoms with Crippen molar-refractivity contribution in [1.82, 2.24) is 5.32 Å². The second-order valence-electron chi connectivity index (χ2n) is 6.64. The summed E-state index contributed by atoms with van der Waals surface area (Å²) >= 11 is 0. The fraction of sp³-hybridized carbons (Fsp3) is 0.250. The van der Waals surface area contributed by atoms with Crippen molar-refractivity contribution in [2.75, 3.05) is 5.32 Å². The van der Waals surface area contributed by atoms with Gasteiger partial charge in [-0.25, -0.2) is 4.79 Å². The minimum Gasteiger partial charge on any atom is -0.444 e. The molecule has 0 aliphatic carbocycles. The molecule has 0 spiro atoms. The summed E-state index contributed by atoms with van der Waals surface area (Å²) in [6.07, 6.45) is -0.699. The van der Waals surface area contributed by atoms with E-state index in [0.29, 0.717) is 16.8 Å². The number of alkyl carbamates (subject to hydrolysis) is 1. The quantitative estimate of drug-likeness (QED) is 0.877. The van der Waals surface area contributed by atoms with Crippen LogP contribution in [0.3, 0.4) is 0 Å². The summed E-state index contributed by atoms with van der Waals surface area (Å²) in [6, 6.07) is 16.6. The highest BCUT2D eigenvalue weighted by molar-refractivity contribution is 5.98. The molecule has 134 valence electrons. The average Bonchev–Trinajstić information content (AvgIpc) is 2.59. The molecule has 0 saturated heterocycles. The van der Waals surface area contributed by atoms with Crippen LogP contribution in [-0.2, 0) is 9.53 Å². The Morgan fingerprint density at radius 2 is 1.65 bits per heavy atom. The minimum absolute atomic E-state index is 0.338. The third kappa shape index (κ3) is 5.35. The zero-order valence-electron chi connectivity index (χ0n) is 14.9. The Bertz CT molecular complexity index is 820. The first-order valence-corrected chi connectivity index (χ1v) is 8.14. The van der Waals surface area contributed by atoms with E-state index >= 15 is 0 Å². The summed E-state index contributed by atoms with van der Waals surface area (Å²) in [5.74, 6) is -0.468. The van der Waals surface area contributed by atoms with Gasteiger partial charge < -0.3 is 15.4 Å². The third-order valence-electron chi connectivity index (χ3n) is 3.36. The largest absolute Gasteiger partial charge is 0.444 e. The summed E-state index contributed by atoms with van der Waals surface area (Å²) < 4.78 is 5.25. The lowest BCUT2D eigenvalue weighted by Gasteiger charge is -2.23. The van der Waals surface area contributed by atoms with E-state index < -0.39 is 23.6 Å². The molecule has 26 heavy (non-hydrogen) atoms. The van der Waals surface area contributed by atoms with Gasteiger partial charge in [-0.3, -0.25) is 4.79 Å². The fourth-order valence-corrected chi connectivity index (χ4v) is 2.27. The van der Waals surface area contributed by atoms with E-state index in [9.17, 15) is 9.59 Å². The van der Waals surface area contributed by atoms with E-state index in [0.717, 1.165) is 0 Å². The number of carbonyl (C=O) groups is 2. The van der Waals surface area contributed by atoms with Gasteiger partial charge in [-0.05, 0) is 38.5 Å². The van der Waals surface area contributed by atoms with Crippen LogP contribution in [0.25, 0.3) is 0 Å². The van der Waals surface area contributed by atoms with Crippen LogP contribution in [0.15, 0.2) is 54.6 Å². The predicted octanol–water partition coefficient (Wildman–Crippen LogP) is 3.76. The molecule has 0 bridgehead atoms. The van der Waals surface area contributed by atoms with Crippen LogP contribution >= 0.6 is 0 Å². The summed E-state index contributed by atoms with van der Waals surface area (Å²) in [5, 5.41) is 14.5. The number of nitrogens with zero attached hydrogens (tertiary/aromatic N) is 1. The van der Waals surface area contributed by atoms with Crippen LogP contribution < -0.4 is 10.6 Å². The lowest BCUT2D eigenvalue weighted by molar-refractivity contribution is -0.118. The molecule has 2 N–H and O–H groups in total. The Hall–Kier alpha value is -3.33. The standard InChI is InChI=1S/C20H21N3O3/c1-20(2,3)26-19(25)23-17(14-9-5-4-6-10-14)18(24)22-16-12-8-7-11-15(16)13-21/h4-12,17H,1-3H3,(H,22,24)(H,23,25). The molecule has 0 saturated carbocycles.